The highest BCUT2D eigenvalue weighted by molar-refractivity contribution is 5.29. The molecule has 3 nitrogen and oxygen atoms in total. The lowest BCUT2D eigenvalue weighted by Gasteiger charge is -2.23. The zero-order valence-corrected chi connectivity index (χ0v) is 9.45. The molecule has 0 atom stereocenters. The lowest BCUT2D eigenvalue weighted by atomic mass is 10.1. The molecule has 0 bridgehead atoms. The van der Waals surface area contributed by atoms with Crippen LogP contribution in [-0.2, 0) is 11.3 Å². The average Bonchev–Trinajstić information content (AvgIpc) is 2.27. The molecule has 0 aromatic carbocycles. The lowest BCUT2D eigenvalue weighted by Crippen LogP contribution is -2.23. The number of nitriles is 1. The van der Waals surface area contributed by atoms with E-state index in [4.69, 9.17) is 10.00 Å². The van der Waals surface area contributed by atoms with Crippen molar-refractivity contribution in [2.24, 2.45) is 0 Å². The molecule has 0 N–H and O–H groups in total. The van der Waals surface area contributed by atoms with E-state index >= 15 is 0 Å². The van der Waals surface area contributed by atoms with Crippen molar-refractivity contribution >= 4 is 0 Å². The smallest absolute Gasteiger partial charge is 0.145 e. The lowest BCUT2D eigenvalue weighted by molar-refractivity contribution is -0.0318. The highest BCUT2D eigenvalue weighted by Gasteiger charge is 2.16. The van der Waals surface area contributed by atoms with Gasteiger partial charge in [-0.15, -0.1) is 0 Å². The standard InChI is InChI=1S/C12H16N2O/c1-4-12(2,3)15-9-10-6-5-7-14-11(10)8-13/h5-7H,4,9H2,1-3H3. The first kappa shape index (κ1) is 11.7. The van der Waals surface area contributed by atoms with Crippen LogP contribution in [0.5, 0.6) is 0 Å². The summed E-state index contributed by atoms with van der Waals surface area (Å²) < 4.78 is 5.72. The van der Waals surface area contributed by atoms with Gasteiger partial charge in [0.25, 0.3) is 0 Å². The van der Waals surface area contributed by atoms with Gasteiger partial charge in [0.2, 0.25) is 0 Å². The predicted octanol–water partition coefficient (Wildman–Crippen LogP) is 2.66. The first-order valence-corrected chi connectivity index (χ1v) is 5.07. The maximum Gasteiger partial charge on any atom is 0.145 e. The normalized spacial score (nSPS) is 11.1. The van der Waals surface area contributed by atoms with E-state index in [9.17, 15) is 0 Å². The summed E-state index contributed by atoms with van der Waals surface area (Å²) in [4.78, 5) is 3.98. The van der Waals surface area contributed by atoms with E-state index in [1.54, 1.807) is 6.20 Å². The van der Waals surface area contributed by atoms with Crippen molar-refractivity contribution in [3.05, 3.63) is 29.6 Å². The topological polar surface area (TPSA) is 45.9 Å². The summed E-state index contributed by atoms with van der Waals surface area (Å²) in [5.74, 6) is 0. The monoisotopic (exact) mass is 204 g/mol. The van der Waals surface area contributed by atoms with Crippen molar-refractivity contribution in [3.8, 4) is 6.07 Å². The molecule has 80 valence electrons. The van der Waals surface area contributed by atoms with E-state index in [1.807, 2.05) is 26.0 Å². The van der Waals surface area contributed by atoms with Crippen LogP contribution >= 0.6 is 0 Å². The maximum atomic E-state index is 8.84. The number of nitrogens with zero attached hydrogens (tertiary/aromatic N) is 2. The molecule has 0 saturated heterocycles. The van der Waals surface area contributed by atoms with Crippen molar-refractivity contribution in [3.63, 3.8) is 0 Å². The molecule has 0 spiro atoms. The Morgan fingerprint density at radius 2 is 2.27 bits per heavy atom. The second-order valence-corrected chi connectivity index (χ2v) is 4.02. The Balaban J connectivity index is 2.70. The molecule has 1 heterocycles. The van der Waals surface area contributed by atoms with E-state index in [1.165, 1.54) is 0 Å². The van der Waals surface area contributed by atoms with E-state index < -0.39 is 0 Å². The molecule has 1 rings (SSSR count). The van der Waals surface area contributed by atoms with E-state index in [0.717, 1.165) is 12.0 Å². The Bertz CT molecular complexity index is 366. The summed E-state index contributed by atoms with van der Waals surface area (Å²) >= 11 is 0. The molecule has 0 aliphatic rings. The minimum absolute atomic E-state index is 0.150. The highest BCUT2D eigenvalue weighted by Crippen LogP contribution is 2.17. The van der Waals surface area contributed by atoms with Crippen molar-refractivity contribution < 1.29 is 4.74 Å². The molecule has 1 aromatic rings. The fourth-order valence-electron chi connectivity index (χ4n) is 1.03. The van der Waals surface area contributed by atoms with Crippen LogP contribution in [0.15, 0.2) is 18.3 Å². The third-order valence-electron chi connectivity index (χ3n) is 2.47. The van der Waals surface area contributed by atoms with Crippen molar-refractivity contribution in [1.29, 1.82) is 5.26 Å². The molecule has 0 fully saturated rings. The SMILES string of the molecule is CCC(C)(C)OCc1cccnc1C#N. The van der Waals surface area contributed by atoms with Gasteiger partial charge in [-0.2, -0.15) is 5.26 Å². The van der Waals surface area contributed by atoms with Gasteiger partial charge in [-0.05, 0) is 26.3 Å². The average molecular weight is 204 g/mol. The zero-order chi connectivity index (χ0) is 11.3. The van der Waals surface area contributed by atoms with Crippen molar-refractivity contribution in [2.75, 3.05) is 0 Å². The molecular formula is C12H16N2O. The zero-order valence-electron chi connectivity index (χ0n) is 9.45. The highest BCUT2D eigenvalue weighted by atomic mass is 16.5. The molecule has 0 aliphatic heterocycles. The van der Waals surface area contributed by atoms with Gasteiger partial charge in [-0.3, -0.25) is 0 Å². The number of hydrogen-bond donors (Lipinski definition) is 0. The third kappa shape index (κ3) is 3.34. The van der Waals surface area contributed by atoms with Gasteiger partial charge < -0.3 is 4.74 Å². The summed E-state index contributed by atoms with van der Waals surface area (Å²) in [5.41, 5.74) is 1.15. The first-order chi connectivity index (χ1) is 7.09. The van der Waals surface area contributed by atoms with Crippen molar-refractivity contribution in [2.45, 2.75) is 39.4 Å². The van der Waals surface area contributed by atoms with Crippen LogP contribution in [0.25, 0.3) is 0 Å². The fourth-order valence-corrected chi connectivity index (χ4v) is 1.03. The molecule has 3 heteroatoms. The Labute approximate surface area is 90.7 Å². The van der Waals surface area contributed by atoms with Crippen LogP contribution in [0.3, 0.4) is 0 Å². The minimum atomic E-state index is -0.150. The summed E-state index contributed by atoms with van der Waals surface area (Å²) in [7, 11) is 0. The summed E-state index contributed by atoms with van der Waals surface area (Å²) in [5, 5.41) is 8.84. The Morgan fingerprint density at radius 1 is 1.53 bits per heavy atom. The van der Waals surface area contributed by atoms with E-state index in [-0.39, 0.29) is 5.60 Å². The first-order valence-electron chi connectivity index (χ1n) is 5.07. The van der Waals surface area contributed by atoms with Gasteiger partial charge in [0.15, 0.2) is 0 Å². The molecule has 0 aliphatic carbocycles. The van der Waals surface area contributed by atoms with Gasteiger partial charge in [0.1, 0.15) is 11.8 Å². The number of hydrogen-bond acceptors (Lipinski definition) is 3. The van der Waals surface area contributed by atoms with Crippen molar-refractivity contribution in [1.82, 2.24) is 4.98 Å². The molecule has 0 unspecified atom stereocenters. The van der Waals surface area contributed by atoms with Gasteiger partial charge in [-0.25, -0.2) is 4.98 Å². The Hall–Kier alpha value is -1.40. The fraction of sp³-hybridized carbons (Fsp3) is 0.500. The van der Waals surface area contributed by atoms with Gasteiger partial charge >= 0.3 is 0 Å². The number of rotatable bonds is 4. The molecule has 15 heavy (non-hydrogen) atoms. The quantitative estimate of drug-likeness (QED) is 0.757. The molecule has 0 radical (unpaired) electrons. The van der Waals surface area contributed by atoms with E-state index in [2.05, 4.69) is 18.0 Å². The number of aromatic nitrogens is 1. The molecule has 0 amide bonds. The number of ether oxygens (including phenoxy) is 1. The second kappa shape index (κ2) is 4.90. The predicted molar refractivity (Wildman–Crippen MR) is 58.1 cm³/mol. The molecule has 1 aromatic heterocycles. The van der Waals surface area contributed by atoms with Gasteiger partial charge in [0.05, 0.1) is 12.2 Å². The molecular weight excluding hydrogens is 188 g/mol. The summed E-state index contributed by atoms with van der Waals surface area (Å²) in [6.45, 7) is 6.59. The Kier molecular flexibility index (Phi) is 3.81. The third-order valence-corrected chi connectivity index (χ3v) is 2.47. The summed E-state index contributed by atoms with van der Waals surface area (Å²) in [6, 6.07) is 5.75. The van der Waals surface area contributed by atoms with E-state index in [0.29, 0.717) is 12.3 Å². The van der Waals surface area contributed by atoms with Crippen LogP contribution in [0.4, 0.5) is 0 Å². The van der Waals surface area contributed by atoms with Crippen LogP contribution < -0.4 is 0 Å². The largest absolute Gasteiger partial charge is 0.371 e. The van der Waals surface area contributed by atoms with Crippen LogP contribution in [0.1, 0.15) is 38.4 Å². The Morgan fingerprint density at radius 3 is 2.87 bits per heavy atom. The number of pyridine rings is 1. The molecule has 0 saturated carbocycles. The summed E-state index contributed by atoms with van der Waals surface area (Å²) in [6.07, 6.45) is 2.56. The van der Waals surface area contributed by atoms with Crippen LogP contribution in [0.2, 0.25) is 0 Å². The van der Waals surface area contributed by atoms with Crippen LogP contribution in [-0.4, -0.2) is 10.6 Å². The maximum absolute atomic E-state index is 8.84. The van der Waals surface area contributed by atoms with Gasteiger partial charge in [0, 0.05) is 11.8 Å². The second-order valence-electron chi connectivity index (χ2n) is 4.02. The minimum Gasteiger partial charge on any atom is -0.371 e. The van der Waals surface area contributed by atoms with Gasteiger partial charge in [-0.1, -0.05) is 13.0 Å². The van der Waals surface area contributed by atoms with Crippen LogP contribution in [0, 0.1) is 11.3 Å².